The molecule has 0 aromatic heterocycles. The molecule has 14 heavy (non-hydrogen) atoms. The van der Waals surface area contributed by atoms with Gasteiger partial charge in [-0.1, -0.05) is 6.92 Å². The Bertz CT molecular complexity index is 152. The SMILES string of the molecule is CC1CCN(CCOCCN)C(C)C1. The largest absolute Gasteiger partial charge is 0.379 e. The Morgan fingerprint density at radius 1 is 1.36 bits per heavy atom. The Labute approximate surface area is 87.6 Å². The monoisotopic (exact) mass is 200 g/mol. The molecule has 0 saturated carbocycles. The molecule has 1 heterocycles. The van der Waals surface area contributed by atoms with Gasteiger partial charge in [0.15, 0.2) is 0 Å². The van der Waals surface area contributed by atoms with Gasteiger partial charge in [0, 0.05) is 19.1 Å². The minimum Gasteiger partial charge on any atom is -0.379 e. The smallest absolute Gasteiger partial charge is 0.0594 e. The Morgan fingerprint density at radius 2 is 2.14 bits per heavy atom. The van der Waals surface area contributed by atoms with Gasteiger partial charge in [0.25, 0.3) is 0 Å². The van der Waals surface area contributed by atoms with E-state index in [4.69, 9.17) is 10.5 Å². The molecule has 1 aliphatic rings. The summed E-state index contributed by atoms with van der Waals surface area (Å²) < 4.78 is 5.39. The maximum absolute atomic E-state index is 5.39. The summed E-state index contributed by atoms with van der Waals surface area (Å²) in [5.74, 6) is 0.895. The van der Waals surface area contributed by atoms with Crippen molar-refractivity contribution in [3.8, 4) is 0 Å². The first-order valence-electron chi connectivity index (χ1n) is 5.76. The van der Waals surface area contributed by atoms with Gasteiger partial charge >= 0.3 is 0 Å². The molecule has 0 radical (unpaired) electrons. The van der Waals surface area contributed by atoms with Gasteiger partial charge in [-0.3, -0.25) is 4.90 Å². The van der Waals surface area contributed by atoms with Crippen LogP contribution >= 0.6 is 0 Å². The molecule has 2 unspecified atom stereocenters. The van der Waals surface area contributed by atoms with Crippen molar-refractivity contribution in [3.05, 3.63) is 0 Å². The van der Waals surface area contributed by atoms with Gasteiger partial charge in [-0.25, -0.2) is 0 Å². The van der Waals surface area contributed by atoms with Crippen LogP contribution in [0.5, 0.6) is 0 Å². The van der Waals surface area contributed by atoms with Gasteiger partial charge in [0.05, 0.1) is 13.2 Å². The standard InChI is InChI=1S/C11H24N2O/c1-10-3-5-13(11(2)9-10)6-8-14-7-4-12/h10-11H,3-9,12H2,1-2H3. The lowest BCUT2D eigenvalue weighted by Gasteiger charge is -2.36. The summed E-state index contributed by atoms with van der Waals surface area (Å²) in [6.45, 7) is 9.11. The number of ether oxygens (including phenoxy) is 1. The molecule has 0 aromatic carbocycles. The first kappa shape index (κ1) is 12.0. The molecule has 1 rings (SSSR count). The van der Waals surface area contributed by atoms with Gasteiger partial charge in [-0.05, 0) is 32.2 Å². The fraction of sp³-hybridized carbons (Fsp3) is 1.00. The molecule has 0 amide bonds. The summed E-state index contributed by atoms with van der Waals surface area (Å²) in [6.07, 6.45) is 2.66. The predicted octanol–water partition coefficient (Wildman–Crippen LogP) is 1.08. The van der Waals surface area contributed by atoms with Crippen LogP contribution in [0.2, 0.25) is 0 Å². The number of hydrogen-bond acceptors (Lipinski definition) is 3. The molecule has 3 heteroatoms. The summed E-state index contributed by atoms with van der Waals surface area (Å²) in [5.41, 5.74) is 5.35. The van der Waals surface area contributed by atoms with Gasteiger partial charge in [0.1, 0.15) is 0 Å². The number of nitrogens with zero attached hydrogens (tertiary/aromatic N) is 1. The zero-order chi connectivity index (χ0) is 10.4. The molecule has 0 bridgehead atoms. The van der Waals surface area contributed by atoms with Crippen molar-refractivity contribution in [2.24, 2.45) is 11.7 Å². The van der Waals surface area contributed by atoms with Crippen molar-refractivity contribution >= 4 is 0 Å². The fourth-order valence-corrected chi connectivity index (χ4v) is 2.16. The molecule has 84 valence electrons. The Kier molecular flexibility index (Phi) is 5.45. The van der Waals surface area contributed by atoms with Crippen LogP contribution in [0.1, 0.15) is 26.7 Å². The van der Waals surface area contributed by atoms with Crippen molar-refractivity contribution in [1.29, 1.82) is 0 Å². The van der Waals surface area contributed by atoms with Crippen LogP contribution in [0, 0.1) is 5.92 Å². The topological polar surface area (TPSA) is 38.5 Å². The van der Waals surface area contributed by atoms with E-state index in [9.17, 15) is 0 Å². The third-order valence-corrected chi connectivity index (χ3v) is 3.06. The zero-order valence-corrected chi connectivity index (χ0v) is 9.54. The van der Waals surface area contributed by atoms with Gasteiger partial charge < -0.3 is 10.5 Å². The molecular formula is C11H24N2O. The van der Waals surface area contributed by atoms with Crippen LogP contribution in [-0.4, -0.2) is 43.8 Å². The van der Waals surface area contributed by atoms with Crippen molar-refractivity contribution in [1.82, 2.24) is 4.90 Å². The average molecular weight is 200 g/mol. The molecule has 0 aromatic rings. The highest BCUT2D eigenvalue weighted by Gasteiger charge is 2.21. The molecule has 1 saturated heterocycles. The maximum atomic E-state index is 5.39. The van der Waals surface area contributed by atoms with E-state index in [1.807, 2.05) is 0 Å². The van der Waals surface area contributed by atoms with E-state index in [1.54, 1.807) is 0 Å². The second-order valence-electron chi connectivity index (χ2n) is 4.42. The quantitative estimate of drug-likeness (QED) is 0.675. The summed E-state index contributed by atoms with van der Waals surface area (Å²) in [4.78, 5) is 2.52. The Balaban J connectivity index is 2.11. The number of nitrogens with two attached hydrogens (primary N) is 1. The molecule has 1 fully saturated rings. The van der Waals surface area contributed by atoms with Crippen LogP contribution in [0.3, 0.4) is 0 Å². The first-order chi connectivity index (χ1) is 6.74. The van der Waals surface area contributed by atoms with E-state index >= 15 is 0 Å². The van der Waals surface area contributed by atoms with Crippen LogP contribution < -0.4 is 5.73 Å². The second kappa shape index (κ2) is 6.38. The van der Waals surface area contributed by atoms with Crippen LogP contribution in [0.15, 0.2) is 0 Å². The molecule has 2 atom stereocenters. The van der Waals surface area contributed by atoms with Gasteiger partial charge in [-0.15, -0.1) is 0 Å². The minimum atomic E-state index is 0.632. The number of piperidine rings is 1. The Morgan fingerprint density at radius 3 is 2.79 bits per heavy atom. The molecule has 1 aliphatic heterocycles. The molecule has 3 nitrogen and oxygen atoms in total. The minimum absolute atomic E-state index is 0.632. The van der Waals surface area contributed by atoms with E-state index in [0.29, 0.717) is 13.2 Å². The van der Waals surface area contributed by atoms with Gasteiger partial charge in [0.2, 0.25) is 0 Å². The summed E-state index contributed by atoms with van der Waals surface area (Å²) in [5, 5.41) is 0. The number of rotatable bonds is 5. The fourth-order valence-electron chi connectivity index (χ4n) is 2.16. The van der Waals surface area contributed by atoms with Crippen LogP contribution in [-0.2, 0) is 4.74 Å². The lowest BCUT2D eigenvalue weighted by atomic mass is 9.93. The molecular weight excluding hydrogens is 176 g/mol. The third-order valence-electron chi connectivity index (χ3n) is 3.06. The van der Waals surface area contributed by atoms with E-state index in [2.05, 4.69) is 18.7 Å². The lowest BCUT2D eigenvalue weighted by molar-refractivity contribution is 0.0687. The first-order valence-corrected chi connectivity index (χ1v) is 5.76. The molecule has 0 aliphatic carbocycles. The number of likely N-dealkylation sites (tertiary alicyclic amines) is 1. The average Bonchev–Trinajstić information content (AvgIpc) is 2.15. The Hall–Kier alpha value is -0.120. The molecule has 0 spiro atoms. The zero-order valence-electron chi connectivity index (χ0n) is 9.54. The summed E-state index contributed by atoms with van der Waals surface area (Å²) in [7, 11) is 0. The summed E-state index contributed by atoms with van der Waals surface area (Å²) >= 11 is 0. The van der Waals surface area contributed by atoms with E-state index < -0.39 is 0 Å². The predicted molar refractivity (Wildman–Crippen MR) is 59.3 cm³/mol. The van der Waals surface area contributed by atoms with Crippen LogP contribution in [0.25, 0.3) is 0 Å². The highest BCUT2D eigenvalue weighted by Crippen LogP contribution is 2.21. The highest BCUT2D eigenvalue weighted by molar-refractivity contribution is 4.76. The maximum Gasteiger partial charge on any atom is 0.0594 e. The van der Waals surface area contributed by atoms with E-state index in [0.717, 1.165) is 25.1 Å². The summed E-state index contributed by atoms with van der Waals surface area (Å²) in [6, 6.07) is 0.722. The van der Waals surface area contributed by atoms with E-state index in [1.165, 1.54) is 19.4 Å². The van der Waals surface area contributed by atoms with Crippen LogP contribution in [0.4, 0.5) is 0 Å². The lowest BCUT2D eigenvalue weighted by Crippen LogP contribution is -2.42. The van der Waals surface area contributed by atoms with Crippen molar-refractivity contribution in [3.63, 3.8) is 0 Å². The molecule has 2 N–H and O–H groups in total. The van der Waals surface area contributed by atoms with Crippen molar-refractivity contribution in [2.75, 3.05) is 32.8 Å². The van der Waals surface area contributed by atoms with Crippen molar-refractivity contribution < 1.29 is 4.74 Å². The van der Waals surface area contributed by atoms with Gasteiger partial charge in [-0.2, -0.15) is 0 Å². The van der Waals surface area contributed by atoms with E-state index in [-0.39, 0.29) is 0 Å². The normalized spacial score (nSPS) is 29.4. The third kappa shape index (κ3) is 3.95. The van der Waals surface area contributed by atoms with Crippen molar-refractivity contribution in [2.45, 2.75) is 32.7 Å². The number of hydrogen-bond donors (Lipinski definition) is 1. The highest BCUT2D eigenvalue weighted by atomic mass is 16.5. The second-order valence-corrected chi connectivity index (χ2v) is 4.42.